The van der Waals surface area contributed by atoms with Crippen molar-refractivity contribution < 1.29 is 22.5 Å². The van der Waals surface area contributed by atoms with Crippen LogP contribution in [0.25, 0.3) is 0 Å². The number of methoxy groups -OCH3 is 1. The first kappa shape index (κ1) is 22.1. The van der Waals surface area contributed by atoms with Crippen LogP contribution in [0.4, 0.5) is 17.3 Å². The van der Waals surface area contributed by atoms with E-state index in [1.54, 1.807) is 13.0 Å². The van der Waals surface area contributed by atoms with Crippen LogP contribution in [0.2, 0.25) is 5.02 Å². The number of halogens is 1. The standard InChI is InChI=1S/C21H21ClN4O5S/c1-3-21(27)26(17-11-16(22)15(13-4-5-13)10-18(17)30-2)20-7-6-14(12-23-20)32(28,29)25-19-8-9-31-24-19/h6-13H,3-5H2,1-2H3,(H,24,25). The molecule has 1 aliphatic carbocycles. The van der Waals surface area contributed by atoms with Gasteiger partial charge in [-0.25, -0.2) is 13.4 Å². The minimum atomic E-state index is -3.93. The minimum absolute atomic E-state index is 0.0481. The normalized spacial score (nSPS) is 13.6. The number of pyridine rings is 1. The van der Waals surface area contributed by atoms with E-state index in [-0.39, 0.29) is 28.9 Å². The number of carbonyl (C=O) groups is 1. The lowest BCUT2D eigenvalue weighted by Gasteiger charge is -2.24. The third kappa shape index (κ3) is 4.42. The molecule has 3 aromatic rings. The Bertz CT molecular complexity index is 1230. The van der Waals surface area contributed by atoms with Crippen LogP contribution < -0.4 is 14.4 Å². The lowest BCUT2D eigenvalue weighted by Crippen LogP contribution is -2.26. The third-order valence-electron chi connectivity index (χ3n) is 5.04. The van der Waals surface area contributed by atoms with Crippen LogP contribution in [0, 0.1) is 0 Å². The molecule has 0 saturated heterocycles. The van der Waals surface area contributed by atoms with Crippen LogP contribution in [-0.2, 0) is 14.8 Å². The molecule has 9 nitrogen and oxygen atoms in total. The van der Waals surface area contributed by atoms with E-state index in [1.165, 1.54) is 42.7 Å². The SMILES string of the molecule is CCC(=O)N(c1ccc(S(=O)(=O)Nc2ccon2)cn1)c1cc(Cl)c(C2CC2)cc1OC. The van der Waals surface area contributed by atoms with Gasteiger partial charge in [-0.15, -0.1) is 0 Å². The molecule has 1 fully saturated rings. The lowest BCUT2D eigenvalue weighted by molar-refractivity contribution is -0.117. The maximum atomic E-state index is 12.9. The summed E-state index contributed by atoms with van der Waals surface area (Å²) >= 11 is 6.51. The fourth-order valence-corrected chi connectivity index (χ4v) is 4.52. The van der Waals surface area contributed by atoms with Crippen molar-refractivity contribution in [3.05, 3.63) is 53.4 Å². The Hall–Kier alpha value is -3.11. The van der Waals surface area contributed by atoms with Gasteiger partial charge in [0.2, 0.25) is 5.91 Å². The van der Waals surface area contributed by atoms with Gasteiger partial charge in [0.15, 0.2) is 5.82 Å². The lowest BCUT2D eigenvalue weighted by atomic mass is 10.1. The van der Waals surface area contributed by atoms with E-state index in [0.29, 0.717) is 22.4 Å². The van der Waals surface area contributed by atoms with Gasteiger partial charge in [0, 0.05) is 23.7 Å². The maximum Gasteiger partial charge on any atom is 0.264 e. The van der Waals surface area contributed by atoms with Gasteiger partial charge in [-0.05, 0) is 48.6 Å². The van der Waals surface area contributed by atoms with Crippen molar-refractivity contribution >= 4 is 44.9 Å². The monoisotopic (exact) mass is 476 g/mol. The van der Waals surface area contributed by atoms with E-state index in [0.717, 1.165) is 18.4 Å². The Morgan fingerprint density at radius 3 is 2.66 bits per heavy atom. The molecule has 1 amide bonds. The zero-order valence-electron chi connectivity index (χ0n) is 17.4. The number of benzene rings is 1. The number of carbonyl (C=O) groups excluding carboxylic acids is 1. The van der Waals surface area contributed by atoms with Crippen LogP contribution in [-0.4, -0.2) is 31.6 Å². The molecule has 2 aromatic heterocycles. The van der Waals surface area contributed by atoms with Crippen LogP contribution in [0.15, 0.2) is 52.2 Å². The molecule has 11 heteroatoms. The number of nitrogens with one attached hydrogen (secondary N) is 1. The van der Waals surface area contributed by atoms with Crippen LogP contribution >= 0.6 is 11.6 Å². The number of ether oxygens (including phenoxy) is 1. The van der Waals surface area contributed by atoms with Gasteiger partial charge in [0.05, 0.1) is 12.8 Å². The Balaban J connectivity index is 1.70. The Morgan fingerprint density at radius 1 is 1.31 bits per heavy atom. The first-order valence-electron chi connectivity index (χ1n) is 9.93. The summed E-state index contributed by atoms with van der Waals surface area (Å²) in [5.41, 5.74) is 1.43. The van der Waals surface area contributed by atoms with Gasteiger partial charge in [-0.1, -0.05) is 23.7 Å². The van der Waals surface area contributed by atoms with Crippen molar-refractivity contribution in [2.24, 2.45) is 0 Å². The van der Waals surface area contributed by atoms with Crippen LogP contribution in [0.5, 0.6) is 5.75 Å². The number of amides is 1. The van der Waals surface area contributed by atoms with Crippen molar-refractivity contribution in [1.82, 2.24) is 10.1 Å². The molecule has 1 N–H and O–H groups in total. The molecule has 1 saturated carbocycles. The van der Waals surface area contributed by atoms with E-state index in [2.05, 4.69) is 19.4 Å². The fourth-order valence-electron chi connectivity index (χ4n) is 3.27. The zero-order valence-corrected chi connectivity index (χ0v) is 19.0. The number of anilines is 3. The molecule has 1 aromatic carbocycles. The average molecular weight is 477 g/mol. The summed E-state index contributed by atoms with van der Waals surface area (Å²) in [6, 6.07) is 7.73. The third-order valence-corrected chi connectivity index (χ3v) is 6.71. The molecule has 32 heavy (non-hydrogen) atoms. The summed E-state index contributed by atoms with van der Waals surface area (Å²) in [6.45, 7) is 1.72. The van der Waals surface area contributed by atoms with E-state index in [4.69, 9.17) is 16.3 Å². The fraction of sp³-hybridized carbons (Fsp3) is 0.286. The number of rotatable bonds is 8. The van der Waals surface area contributed by atoms with Gasteiger partial charge >= 0.3 is 0 Å². The van der Waals surface area contributed by atoms with Gasteiger partial charge < -0.3 is 9.26 Å². The van der Waals surface area contributed by atoms with Crippen molar-refractivity contribution in [1.29, 1.82) is 0 Å². The largest absolute Gasteiger partial charge is 0.495 e. The summed E-state index contributed by atoms with van der Waals surface area (Å²) in [7, 11) is -2.40. The van der Waals surface area contributed by atoms with Crippen molar-refractivity contribution in [3.63, 3.8) is 0 Å². The molecule has 168 valence electrons. The van der Waals surface area contributed by atoms with Gasteiger partial charge in [-0.3, -0.25) is 14.4 Å². The Kier molecular flexibility index (Phi) is 6.07. The summed E-state index contributed by atoms with van der Waals surface area (Å²) in [6.07, 6.45) is 4.75. The van der Waals surface area contributed by atoms with E-state index < -0.39 is 10.0 Å². The average Bonchev–Trinajstić information content (AvgIpc) is 3.50. The predicted octanol–water partition coefficient (Wildman–Crippen LogP) is 4.48. The van der Waals surface area contributed by atoms with Crippen molar-refractivity contribution in [3.8, 4) is 5.75 Å². The molecule has 4 rings (SSSR count). The molecular weight excluding hydrogens is 456 g/mol. The predicted molar refractivity (Wildman–Crippen MR) is 119 cm³/mol. The number of hydrogen-bond acceptors (Lipinski definition) is 7. The molecule has 1 aliphatic rings. The van der Waals surface area contributed by atoms with E-state index in [9.17, 15) is 13.2 Å². The Labute approximate surface area is 190 Å². The highest BCUT2D eigenvalue weighted by atomic mass is 35.5. The minimum Gasteiger partial charge on any atom is -0.495 e. The number of nitrogens with zero attached hydrogens (tertiary/aromatic N) is 3. The first-order chi connectivity index (χ1) is 15.3. The second-order valence-corrected chi connectivity index (χ2v) is 9.33. The van der Waals surface area contributed by atoms with Crippen molar-refractivity contribution in [2.75, 3.05) is 16.7 Å². The second-order valence-electron chi connectivity index (χ2n) is 7.24. The molecule has 0 aliphatic heterocycles. The van der Waals surface area contributed by atoms with Gasteiger partial charge in [0.1, 0.15) is 22.7 Å². The number of aromatic nitrogens is 2. The zero-order chi connectivity index (χ0) is 22.9. The summed E-state index contributed by atoms with van der Waals surface area (Å²) in [5, 5.41) is 4.08. The highest BCUT2D eigenvalue weighted by molar-refractivity contribution is 7.92. The molecule has 0 atom stereocenters. The van der Waals surface area contributed by atoms with E-state index >= 15 is 0 Å². The van der Waals surface area contributed by atoms with Crippen LogP contribution in [0.3, 0.4) is 0 Å². The summed E-state index contributed by atoms with van der Waals surface area (Å²) in [5.74, 6) is 0.935. The quantitative estimate of drug-likeness (QED) is 0.509. The van der Waals surface area contributed by atoms with E-state index in [1.807, 2.05) is 6.07 Å². The maximum absolute atomic E-state index is 12.9. The Morgan fingerprint density at radius 2 is 2.09 bits per heavy atom. The summed E-state index contributed by atoms with van der Waals surface area (Å²) in [4.78, 5) is 18.4. The molecular formula is C21H21ClN4O5S. The molecule has 0 bridgehead atoms. The van der Waals surface area contributed by atoms with Crippen LogP contribution in [0.1, 0.15) is 37.7 Å². The smallest absolute Gasteiger partial charge is 0.264 e. The van der Waals surface area contributed by atoms with Crippen molar-refractivity contribution in [2.45, 2.75) is 37.0 Å². The highest BCUT2D eigenvalue weighted by Crippen LogP contribution is 2.47. The number of hydrogen-bond donors (Lipinski definition) is 1. The summed E-state index contributed by atoms with van der Waals surface area (Å²) < 4.78 is 37.6. The molecule has 2 heterocycles. The number of sulfonamides is 1. The topological polar surface area (TPSA) is 115 Å². The van der Waals surface area contributed by atoms with Gasteiger partial charge in [-0.2, -0.15) is 0 Å². The second kappa shape index (κ2) is 8.79. The molecule has 0 spiro atoms. The first-order valence-corrected chi connectivity index (χ1v) is 11.8. The molecule has 0 radical (unpaired) electrons. The van der Waals surface area contributed by atoms with Gasteiger partial charge in [0.25, 0.3) is 10.0 Å². The highest BCUT2D eigenvalue weighted by Gasteiger charge is 2.30. The molecule has 0 unspecified atom stereocenters.